The molecule has 0 aliphatic carbocycles. The van der Waals surface area contributed by atoms with Crippen molar-refractivity contribution in [3.05, 3.63) is 23.8 Å². The normalized spacial score (nSPS) is 14.7. The van der Waals surface area contributed by atoms with Crippen LogP contribution in [0.5, 0.6) is 11.5 Å². The Morgan fingerprint density at radius 2 is 1.37 bits per heavy atom. The van der Waals surface area contributed by atoms with Gasteiger partial charge < -0.3 is 49.6 Å². The van der Waals surface area contributed by atoms with Crippen LogP contribution in [0.2, 0.25) is 0 Å². The Bertz CT molecular complexity index is 831. The van der Waals surface area contributed by atoms with Gasteiger partial charge in [0.1, 0.15) is 0 Å². The predicted octanol–water partition coefficient (Wildman–Crippen LogP) is 5.27. The fraction of sp³-hybridized carbons (Fsp3) is 0.591. The molecule has 0 bridgehead atoms. The number of aromatic hydroxyl groups is 1. The van der Waals surface area contributed by atoms with Crippen molar-refractivity contribution in [3.8, 4) is 11.5 Å². The summed E-state index contributed by atoms with van der Waals surface area (Å²) >= 11 is 0. The van der Waals surface area contributed by atoms with E-state index in [1.54, 1.807) is 13.2 Å². The first kappa shape index (κ1) is 34.5. The van der Waals surface area contributed by atoms with Crippen molar-refractivity contribution in [1.82, 2.24) is 39.6 Å². The van der Waals surface area contributed by atoms with Gasteiger partial charge in [0.05, 0.1) is 7.11 Å². The molecule has 35 heavy (non-hydrogen) atoms. The van der Waals surface area contributed by atoms with Crippen molar-refractivity contribution in [2.24, 2.45) is 0 Å². The van der Waals surface area contributed by atoms with Gasteiger partial charge in [0.2, 0.25) is 17.8 Å². The van der Waals surface area contributed by atoms with E-state index >= 15 is 0 Å². The summed E-state index contributed by atoms with van der Waals surface area (Å²) < 4.78 is 5.20. The Balaban J connectivity index is -0.000000302. The van der Waals surface area contributed by atoms with Gasteiger partial charge in [-0.15, -0.1) is 12.4 Å². The highest BCUT2D eigenvalue weighted by Crippen LogP contribution is 2.26. The summed E-state index contributed by atoms with van der Waals surface area (Å²) in [7, 11) is 1.56. The molecule has 0 radical (unpaired) electrons. The van der Waals surface area contributed by atoms with E-state index in [2.05, 4.69) is 15.1 Å². The summed E-state index contributed by atoms with van der Waals surface area (Å²) in [5.41, 5.74) is 1.08. The average molecular weight is 525 g/mol. The minimum atomic E-state index is 0. The van der Waals surface area contributed by atoms with Crippen molar-refractivity contribution in [3.63, 3.8) is 0 Å². The molecule has 12 nitrogen and oxygen atoms in total. The third-order valence-electron chi connectivity index (χ3n) is 5.83. The maximum Gasteiger partial charge on any atom is 0.231 e. The second kappa shape index (κ2) is 16.9. The van der Waals surface area contributed by atoms with Crippen LogP contribution in [0, 0.1) is 0 Å². The maximum atomic E-state index is 9.77. The van der Waals surface area contributed by atoms with E-state index in [1.807, 2.05) is 12.1 Å². The van der Waals surface area contributed by atoms with Crippen LogP contribution in [-0.2, 0) is 6.42 Å². The van der Waals surface area contributed by atoms with Crippen LogP contribution >= 0.6 is 12.4 Å². The van der Waals surface area contributed by atoms with Crippen molar-refractivity contribution < 1.29 is 15.5 Å². The number of phenolic OH excluding ortho intramolecular Hbond substituents is 1. The summed E-state index contributed by atoms with van der Waals surface area (Å²) in [6.07, 6.45) is 8.10. The van der Waals surface area contributed by atoms with Gasteiger partial charge in [-0.3, -0.25) is 0 Å². The molecule has 0 unspecified atom stereocenters. The van der Waals surface area contributed by atoms with E-state index in [4.69, 9.17) is 19.7 Å². The number of phenols is 1. The monoisotopic (exact) mass is 524 g/mol. The number of halogens is 1. The van der Waals surface area contributed by atoms with Gasteiger partial charge in [0.25, 0.3) is 0 Å². The molecule has 3 heterocycles. The molecule has 14 N–H and O–H groups in total. The Kier molecular flexibility index (Phi) is 16.7. The Labute approximate surface area is 220 Å². The quantitative estimate of drug-likeness (QED) is 0.272. The van der Waals surface area contributed by atoms with E-state index in [1.165, 1.54) is 38.5 Å². The number of ether oxygens (including phenoxy) is 1. The van der Waals surface area contributed by atoms with Crippen LogP contribution in [0.3, 0.4) is 0 Å². The molecule has 0 saturated carbocycles. The third-order valence-corrected chi connectivity index (χ3v) is 5.83. The molecular formula is C22H53ClN10O2. The molecule has 1 aromatic heterocycles. The molecule has 0 atom stereocenters. The molecule has 4 rings (SSSR count). The fourth-order valence-corrected chi connectivity index (χ4v) is 4.10. The SMILES string of the molecule is COc1cc(CCNc2nc(N3CCCCC3)nc(N3CCCCC3)n2)ccc1O.Cl.N.N.N.N.[HH].[HH].[HH].[HH]. The Hall–Kier alpha value is -2.64. The van der Waals surface area contributed by atoms with E-state index in [0.29, 0.717) is 18.2 Å². The van der Waals surface area contributed by atoms with Crippen LogP contribution in [0.25, 0.3) is 0 Å². The van der Waals surface area contributed by atoms with E-state index in [0.717, 1.165) is 50.1 Å². The van der Waals surface area contributed by atoms with Crippen LogP contribution in [0.4, 0.5) is 17.8 Å². The lowest BCUT2D eigenvalue weighted by molar-refractivity contribution is 0.373. The van der Waals surface area contributed by atoms with Gasteiger partial charge in [-0.1, -0.05) is 6.07 Å². The van der Waals surface area contributed by atoms with E-state index < -0.39 is 0 Å². The first-order chi connectivity index (χ1) is 14.7. The number of nitrogens with zero attached hydrogens (tertiary/aromatic N) is 5. The number of hydrogen-bond acceptors (Lipinski definition) is 12. The number of methoxy groups -OCH3 is 1. The van der Waals surface area contributed by atoms with Crippen LogP contribution < -0.4 is 44.5 Å². The summed E-state index contributed by atoms with van der Waals surface area (Å²) in [4.78, 5) is 18.9. The number of anilines is 3. The van der Waals surface area contributed by atoms with Gasteiger partial charge >= 0.3 is 0 Å². The maximum absolute atomic E-state index is 9.77. The minimum Gasteiger partial charge on any atom is -0.504 e. The zero-order chi connectivity index (χ0) is 20.8. The second-order valence-electron chi connectivity index (χ2n) is 8.04. The molecule has 0 amide bonds. The summed E-state index contributed by atoms with van der Waals surface area (Å²) in [5.74, 6) is 2.87. The Morgan fingerprint density at radius 1 is 0.857 bits per heavy atom. The highest BCUT2D eigenvalue weighted by molar-refractivity contribution is 5.85. The molecule has 0 spiro atoms. The van der Waals surface area contributed by atoms with Crippen molar-refractivity contribution in [2.75, 3.05) is 55.0 Å². The van der Waals surface area contributed by atoms with Gasteiger partial charge in [0, 0.05) is 38.4 Å². The number of aromatic nitrogens is 3. The first-order valence-corrected chi connectivity index (χ1v) is 11.1. The number of benzene rings is 1. The highest BCUT2D eigenvalue weighted by Gasteiger charge is 2.20. The average Bonchev–Trinajstić information content (AvgIpc) is 2.81. The number of rotatable bonds is 7. The zero-order valence-corrected chi connectivity index (χ0v) is 21.9. The van der Waals surface area contributed by atoms with Crippen LogP contribution in [-0.4, -0.2) is 59.9 Å². The number of piperidine rings is 2. The van der Waals surface area contributed by atoms with Gasteiger partial charge in [-0.2, -0.15) is 15.0 Å². The zero-order valence-electron chi connectivity index (χ0n) is 21.0. The lowest BCUT2D eigenvalue weighted by Crippen LogP contribution is -2.34. The van der Waals surface area contributed by atoms with Gasteiger partial charge in [-0.25, -0.2) is 0 Å². The van der Waals surface area contributed by atoms with Crippen LogP contribution in [0.15, 0.2) is 18.2 Å². The van der Waals surface area contributed by atoms with E-state index in [-0.39, 0.29) is 48.5 Å². The molecular weight excluding hydrogens is 472 g/mol. The molecule has 2 aromatic rings. The highest BCUT2D eigenvalue weighted by atomic mass is 35.5. The topological polar surface area (TPSA) is 227 Å². The molecule has 2 saturated heterocycles. The van der Waals surface area contributed by atoms with Gasteiger partial charge in [-0.05, 0) is 62.6 Å². The van der Waals surface area contributed by atoms with Crippen molar-refractivity contribution in [2.45, 2.75) is 44.9 Å². The van der Waals surface area contributed by atoms with E-state index in [9.17, 15) is 5.11 Å². The third kappa shape index (κ3) is 9.15. The van der Waals surface area contributed by atoms with Gasteiger partial charge in [0.15, 0.2) is 11.5 Å². The lowest BCUT2D eigenvalue weighted by Gasteiger charge is -2.30. The first-order valence-electron chi connectivity index (χ1n) is 11.1. The number of hydrogen-bond donors (Lipinski definition) is 6. The van der Waals surface area contributed by atoms with Crippen LogP contribution in [0.1, 0.15) is 49.8 Å². The summed E-state index contributed by atoms with van der Waals surface area (Å²) in [5, 5.41) is 13.2. The molecule has 210 valence electrons. The smallest absolute Gasteiger partial charge is 0.231 e. The Morgan fingerprint density at radius 3 is 1.86 bits per heavy atom. The van der Waals surface area contributed by atoms with Crippen molar-refractivity contribution >= 4 is 30.3 Å². The second-order valence-corrected chi connectivity index (χ2v) is 8.04. The molecule has 13 heteroatoms. The lowest BCUT2D eigenvalue weighted by atomic mass is 10.1. The summed E-state index contributed by atoms with van der Waals surface area (Å²) in [6, 6.07) is 5.44. The molecule has 1 aromatic carbocycles. The van der Waals surface area contributed by atoms with Crippen molar-refractivity contribution in [1.29, 1.82) is 0 Å². The fourth-order valence-electron chi connectivity index (χ4n) is 4.10. The predicted molar refractivity (Wildman–Crippen MR) is 155 cm³/mol. The molecule has 2 aliphatic heterocycles. The largest absolute Gasteiger partial charge is 0.504 e. The number of nitrogens with one attached hydrogen (secondary N) is 1. The molecule has 2 fully saturated rings. The molecule has 2 aliphatic rings. The minimum absolute atomic E-state index is 0. The standard InChI is InChI=1S/C22H32N6O2.ClH.4H3N.4H2/c1-30-19-16-17(8-9-18(19)29)10-11-23-20-24-21(27-12-4-2-5-13-27)26-22(25-20)28-14-6-3-7-15-28;;;;;;;;;/h8-9,16,29H,2-7,10-15H2,1H3,(H,23,24,25,26);1H;4*1H3;4*1H. The summed E-state index contributed by atoms with van der Waals surface area (Å²) in [6.45, 7) is 4.73.